The van der Waals surface area contributed by atoms with Crippen LogP contribution < -0.4 is 10.1 Å². The maximum Gasteiger partial charge on any atom is 0.251 e. The van der Waals surface area contributed by atoms with Crippen molar-refractivity contribution < 1.29 is 13.9 Å². The summed E-state index contributed by atoms with van der Waals surface area (Å²) in [5.74, 6) is 1.35. The van der Waals surface area contributed by atoms with E-state index in [9.17, 15) is 4.79 Å². The molecule has 3 heterocycles. The highest BCUT2D eigenvalue weighted by atomic mass is 35.5. The summed E-state index contributed by atoms with van der Waals surface area (Å²) in [6.07, 6.45) is 7.02. The number of furan rings is 1. The maximum atomic E-state index is 12.6. The van der Waals surface area contributed by atoms with Crippen molar-refractivity contribution in [3.05, 3.63) is 89.5 Å². The summed E-state index contributed by atoms with van der Waals surface area (Å²) >= 11 is 6.30. The summed E-state index contributed by atoms with van der Waals surface area (Å²) in [6.45, 7) is 0.380. The second-order valence-corrected chi connectivity index (χ2v) is 7.68. The summed E-state index contributed by atoms with van der Waals surface area (Å²) in [6, 6.07) is 14.7. The van der Waals surface area contributed by atoms with Crippen LogP contribution in [0.3, 0.4) is 0 Å². The van der Waals surface area contributed by atoms with Crippen molar-refractivity contribution in [2.75, 3.05) is 6.54 Å². The Bertz CT molecular complexity index is 1210. The lowest BCUT2D eigenvalue weighted by atomic mass is 10.0. The van der Waals surface area contributed by atoms with Crippen LogP contribution in [0.5, 0.6) is 5.75 Å². The minimum Gasteiger partial charge on any atom is -0.487 e. The fourth-order valence-electron chi connectivity index (χ4n) is 3.67. The van der Waals surface area contributed by atoms with Crippen LogP contribution in [0.4, 0.5) is 0 Å². The summed E-state index contributed by atoms with van der Waals surface area (Å²) in [7, 11) is 0. The Morgan fingerprint density at radius 3 is 2.77 bits per heavy atom. The molecule has 0 fully saturated rings. The van der Waals surface area contributed by atoms with E-state index in [1.54, 1.807) is 37.0 Å². The molecule has 7 heteroatoms. The molecule has 1 aliphatic heterocycles. The Balaban J connectivity index is 1.26. The van der Waals surface area contributed by atoms with E-state index in [0.717, 1.165) is 28.2 Å². The normalized spacial score (nSPS) is 14.7. The highest BCUT2D eigenvalue weighted by molar-refractivity contribution is 6.31. The molecule has 31 heavy (non-hydrogen) atoms. The minimum absolute atomic E-state index is 0.155. The number of ether oxygens (including phenoxy) is 1. The van der Waals surface area contributed by atoms with Crippen molar-refractivity contribution in [3.63, 3.8) is 0 Å². The molecule has 1 N–H and O–H groups in total. The number of hydrogen-bond donors (Lipinski definition) is 1. The first-order valence-corrected chi connectivity index (χ1v) is 10.2. The van der Waals surface area contributed by atoms with Gasteiger partial charge in [0.15, 0.2) is 0 Å². The van der Waals surface area contributed by atoms with Gasteiger partial charge in [-0.2, -0.15) is 0 Å². The molecule has 0 saturated heterocycles. The van der Waals surface area contributed by atoms with E-state index in [2.05, 4.69) is 15.3 Å². The van der Waals surface area contributed by atoms with Crippen LogP contribution in [0.1, 0.15) is 15.9 Å². The van der Waals surface area contributed by atoms with Gasteiger partial charge in [0.1, 0.15) is 17.6 Å². The number of halogens is 1. The van der Waals surface area contributed by atoms with Crippen LogP contribution in [0.25, 0.3) is 22.6 Å². The highest BCUT2D eigenvalue weighted by Crippen LogP contribution is 2.40. The van der Waals surface area contributed by atoms with E-state index >= 15 is 0 Å². The Morgan fingerprint density at radius 2 is 2.03 bits per heavy atom. The zero-order chi connectivity index (χ0) is 21.2. The van der Waals surface area contributed by atoms with Crippen molar-refractivity contribution in [1.82, 2.24) is 15.3 Å². The van der Waals surface area contributed by atoms with Gasteiger partial charge in [-0.25, -0.2) is 0 Å². The fraction of sp³-hybridized carbons (Fsp3) is 0.125. The number of aromatic nitrogens is 2. The average molecular weight is 432 g/mol. The van der Waals surface area contributed by atoms with Gasteiger partial charge < -0.3 is 14.5 Å². The SMILES string of the molecule is O=C(NCC1Cc2cc(Cl)cc(-c3cnccn3)c2O1)c1ccc(-c2ccco2)cc1. The molecule has 5 rings (SSSR count). The van der Waals surface area contributed by atoms with Crippen LogP contribution >= 0.6 is 11.6 Å². The summed E-state index contributed by atoms with van der Waals surface area (Å²) in [5.41, 5.74) is 3.99. The zero-order valence-electron chi connectivity index (χ0n) is 16.4. The van der Waals surface area contributed by atoms with Crippen molar-refractivity contribution in [2.24, 2.45) is 0 Å². The number of hydrogen-bond acceptors (Lipinski definition) is 5. The molecule has 2 aromatic carbocycles. The van der Waals surface area contributed by atoms with Crippen LogP contribution in [0, 0.1) is 0 Å². The lowest BCUT2D eigenvalue weighted by Gasteiger charge is -2.13. The molecule has 6 nitrogen and oxygen atoms in total. The molecule has 154 valence electrons. The number of rotatable bonds is 5. The van der Waals surface area contributed by atoms with Crippen LogP contribution in [-0.2, 0) is 6.42 Å². The Hall–Kier alpha value is -3.64. The average Bonchev–Trinajstić information content (AvgIpc) is 3.48. The third-order valence-electron chi connectivity index (χ3n) is 5.14. The highest BCUT2D eigenvalue weighted by Gasteiger charge is 2.27. The predicted octanol–water partition coefficient (Wildman–Crippen LogP) is 4.79. The second kappa shape index (κ2) is 8.24. The number of benzene rings is 2. The number of fused-ring (bicyclic) bond motifs is 1. The first-order chi connectivity index (χ1) is 15.2. The van der Waals surface area contributed by atoms with Gasteiger partial charge >= 0.3 is 0 Å². The molecular formula is C24H18ClN3O3. The molecule has 1 amide bonds. The molecule has 1 aliphatic rings. The summed E-state index contributed by atoms with van der Waals surface area (Å²) in [4.78, 5) is 21.1. The monoisotopic (exact) mass is 431 g/mol. The summed E-state index contributed by atoms with van der Waals surface area (Å²) < 4.78 is 11.5. The van der Waals surface area contributed by atoms with Crippen molar-refractivity contribution in [2.45, 2.75) is 12.5 Å². The molecular weight excluding hydrogens is 414 g/mol. The minimum atomic E-state index is -0.185. The van der Waals surface area contributed by atoms with Crippen LogP contribution in [0.15, 0.2) is 77.8 Å². The third-order valence-corrected chi connectivity index (χ3v) is 5.36. The molecule has 0 radical (unpaired) electrons. The van der Waals surface area contributed by atoms with Gasteiger partial charge in [0, 0.05) is 46.1 Å². The van der Waals surface area contributed by atoms with Gasteiger partial charge in [-0.05, 0) is 36.4 Å². The van der Waals surface area contributed by atoms with Gasteiger partial charge in [0.2, 0.25) is 0 Å². The molecule has 0 saturated carbocycles. The maximum absolute atomic E-state index is 12.6. The number of nitrogens with zero attached hydrogens (tertiary/aromatic N) is 2. The quantitative estimate of drug-likeness (QED) is 0.491. The molecule has 0 bridgehead atoms. The fourth-order valence-corrected chi connectivity index (χ4v) is 3.91. The van der Waals surface area contributed by atoms with E-state index in [1.165, 1.54) is 0 Å². The molecule has 0 aliphatic carbocycles. The molecule has 1 atom stereocenters. The Labute approximate surface area is 183 Å². The van der Waals surface area contributed by atoms with Gasteiger partial charge in [0.05, 0.1) is 24.7 Å². The Morgan fingerprint density at radius 1 is 1.16 bits per heavy atom. The van der Waals surface area contributed by atoms with Crippen LogP contribution in [-0.4, -0.2) is 28.5 Å². The number of carbonyl (C=O) groups excluding carboxylic acids is 1. The van der Waals surface area contributed by atoms with Gasteiger partial charge in [-0.15, -0.1) is 0 Å². The van der Waals surface area contributed by atoms with Crippen molar-refractivity contribution in [3.8, 4) is 28.3 Å². The van der Waals surface area contributed by atoms with Crippen molar-refractivity contribution >= 4 is 17.5 Å². The smallest absolute Gasteiger partial charge is 0.251 e. The van der Waals surface area contributed by atoms with E-state index in [-0.39, 0.29) is 12.0 Å². The van der Waals surface area contributed by atoms with Gasteiger partial charge in [-0.3, -0.25) is 14.8 Å². The first-order valence-electron chi connectivity index (χ1n) is 9.85. The van der Waals surface area contributed by atoms with E-state index in [1.807, 2.05) is 36.4 Å². The standard InChI is InChI=1S/C24H18ClN3O3/c25-18-10-17-11-19(31-23(17)20(12-18)21-14-26-7-8-27-21)13-28-24(29)16-5-3-15(4-6-16)22-2-1-9-30-22/h1-10,12,14,19H,11,13H2,(H,28,29). The molecule has 1 unspecified atom stereocenters. The number of carbonyl (C=O) groups is 1. The van der Waals surface area contributed by atoms with Gasteiger partial charge in [0.25, 0.3) is 5.91 Å². The lowest BCUT2D eigenvalue weighted by molar-refractivity contribution is 0.0933. The van der Waals surface area contributed by atoms with Gasteiger partial charge in [-0.1, -0.05) is 23.7 Å². The van der Waals surface area contributed by atoms with Crippen LogP contribution in [0.2, 0.25) is 5.02 Å². The molecule has 2 aromatic heterocycles. The zero-order valence-corrected chi connectivity index (χ0v) is 17.2. The van der Waals surface area contributed by atoms with Crippen molar-refractivity contribution in [1.29, 1.82) is 0 Å². The molecule has 4 aromatic rings. The predicted molar refractivity (Wildman–Crippen MR) is 117 cm³/mol. The molecule has 0 spiro atoms. The van der Waals surface area contributed by atoms with E-state index in [0.29, 0.717) is 29.2 Å². The second-order valence-electron chi connectivity index (χ2n) is 7.24. The third kappa shape index (κ3) is 4.02. The van der Waals surface area contributed by atoms with E-state index < -0.39 is 0 Å². The lowest BCUT2D eigenvalue weighted by Crippen LogP contribution is -2.34. The van der Waals surface area contributed by atoms with E-state index in [4.69, 9.17) is 20.8 Å². The largest absolute Gasteiger partial charge is 0.487 e. The Kier molecular flexibility index (Phi) is 5.14. The first kappa shape index (κ1) is 19.3. The summed E-state index contributed by atoms with van der Waals surface area (Å²) in [5, 5.41) is 3.57. The number of nitrogens with one attached hydrogen (secondary N) is 1. The topological polar surface area (TPSA) is 77.2 Å². The number of amides is 1.